The normalized spacial score (nSPS) is 10.2. The van der Waals surface area contributed by atoms with E-state index in [1.807, 2.05) is 0 Å². The molecule has 0 amide bonds. The minimum Gasteiger partial charge on any atom is -0.180 e. The molecule has 2 radical (unpaired) electrons. The molecule has 0 spiro atoms. The fourth-order valence-corrected chi connectivity index (χ4v) is 0. The molecular weight excluding hydrogens is 97.9 g/mol. The highest BCUT2D eigenvalue weighted by Gasteiger charge is 1.57. The zero-order valence-electron chi connectivity index (χ0n) is 3.43. The highest BCUT2D eigenvalue weighted by molar-refractivity contribution is 8.26. The monoisotopic (exact) mass is 104 g/mol. The quantitative estimate of drug-likeness (QED) is 0.315. The summed E-state index contributed by atoms with van der Waals surface area (Å²) in [5, 5.41) is 0. The molecule has 3 heteroatoms. The minimum absolute atomic E-state index is 0.427. The largest absolute Gasteiger partial charge is 0.180 e. The first-order valence-electron chi connectivity index (χ1n) is 1.26. The maximum Gasteiger partial charge on any atom is 0.159 e. The summed E-state index contributed by atoms with van der Waals surface area (Å²) in [7, 11) is 6.61. The van der Waals surface area contributed by atoms with E-state index >= 15 is 0 Å². The van der Waals surface area contributed by atoms with Gasteiger partial charge in [-0.3, -0.25) is 0 Å². The van der Waals surface area contributed by atoms with Gasteiger partial charge in [-0.25, -0.2) is 0 Å². The molecular formula is C2H6BPS. The van der Waals surface area contributed by atoms with E-state index in [2.05, 4.69) is 12.5 Å². The van der Waals surface area contributed by atoms with Crippen molar-refractivity contribution >= 4 is 24.9 Å². The Hall–Kier alpha value is 0.715. The van der Waals surface area contributed by atoms with Crippen LogP contribution in [0, 0.1) is 0 Å². The highest BCUT2D eigenvalue weighted by Crippen LogP contribution is 1.86. The summed E-state index contributed by atoms with van der Waals surface area (Å²) in [5.41, 5.74) is 0. The summed E-state index contributed by atoms with van der Waals surface area (Å²) in [6.45, 7) is 0. The fraction of sp³-hybridized carbons (Fsp3) is 1.00. The van der Waals surface area contributed by atoms with E-state index in [9.17, 15) is 0 Å². The number of rotatable bonds is 0. The van der Waals surface area contributed by atoms with Crippen LogP contribution in [0.15, 0.2) is 0 Å². The second-order valence-corrected chi connectivity index (χ2v) is 5.46. The van der Waals surface area contributed by atoms with Crippen molar-refractivity contribution in [1.82, 2.24) is 0 Å². The lowest BCUT2D eigenvalue weighted by Gasteiger charge is -1.77. The zero-order valence-corrected chi connectivity index (χ0v) is 5.14. The van der Waals surface area contributed by atoms with Crippen molar-refractivity contribution in [2.24, 2.45) is 0 Å². The summed E-state index contributed by atoms with van der Waals surface area (Å²) in [5.74, 6) is 0. The lowest BCUT2D eigenvalue weighted by atomic mass is 10.8. The van der Waals surface area contributed by atoms with Crippen LogP contribution >= 0.6 is 7.23 Å². The van der Waals surface area contributed by atoms with Crippen molar-refractivity contribution in [2.45, 2.75) is 0 Å². The lowest BCUT2D eigenvalue weighted by Crippen LogP contribution is -1.66. The second kappa shape index (κ2) is 2.93. The van der Waals surface area contributed by atoms with Crippen LogP contribution in [0.5, 0.6) is 0 Å². The maximum atomic E-state index is 5.16. The second-order valence-electron chi connectivity index (χ2n) is 0.879. The van der Waals surface area contributed by atoms with Gasteiger partial charge in [-0.2, -0.15) is 10.1 Å². The SMILES string of the molecule is [B]P=S(C)C. The molecule has 0 heterocycles. The Bertz CT molecular complexity index is 47.6. The Balaban J connectivity index is 3.14. The van der Waals surface area contributed by atoms with Crippen molar-refractivity contribution in [3.05, 3.63) is 0 Å². The molecule has 0 nitrogen and oxygen atoms in total. The molecule has 0 bridgehead atoms. The number of hydrogen-bond donors (Lipinski definition) is 0. The molecule has 0 aliphatic rings. The van der Waals surface area contributed by atoms with Gasteiger partial charge in [-0.15, -0.1) is 7.23 Å². The molecule has 0 saturated carbocycles. The van der Waals surface area contributed by atoms with Crippen LogP contribution in [-0.2, 0) is 10.1 Å². The van der Waals surface area contributed by atoms with Crippen LogP contribution in [0.3, 0.4) is 0 Å². The standard InChI is InChI=1S/C2H6BPS/c1-5(2)4-3/h1-2H3. The zero-order chi connectivity index (χ0) is 4.28. The molecule has 5 heavy (non-hydrogen) atoms. The lowest BCUT2D eigenvalue weighted by molar-refractivity contribution is 2.35. The molecule has 0 N–H and O–H groups in total. The van der Waals surface area contributed by atoms with Crippen molar-refractivity contribution < 1.29 is 0 Å². The van der Waals surface area contributed by atoms with E-state index in [4.69, 9.17) is 7.57 Å². The third-order valence-electron chi connectivity index (χ3n) is 0.211. The van der Waals surface area contributed by atoms with Crippen molar-refractivity contribution in [3.63, 3.8) is 0 Å². The Kier molecular flexibility index (Phi) is 3.35. The fourth-order valence-electron chi connectivity index (χ4n) is 0. The molecule has 0 rings (SSSR count). The van der Waals surface area contributed by atoms with Gasteiger partial charge in [0.15, 0.2) is 7.57 Å². The Morgan fingerprint density at radius 2 is 1.80 bits per heavy atom. The summed E-state index contributed by atoms with van der Waals surface area (Å²) in [6, 6.07) is 0. The average molecular weight is 104 g/mol. The van der Waals surface area contributed by atoms with Crippen LogP contribution in [0.2, 0.25) is 0 Å². The van der Waals surface area contributed by atoms with E-state index in [0.717, 1.165) is 7.23 Å². The van der Waals surface area contributed by atoms with E-state index in [0.29, 0.717) is 10.1 Å². The van der Waals surface area contributed by atoms with Crippen LogP contribution < -0.4 is 0 Å². The van der Waals surface area contributed by atoms with Gasteiger partial charge in [0.1, 0.15) is 0 Å². The highest BCUT2D eigenvalue weighted by atomic mass is 32.5. The van der Waals surface area contributed by atoms with Crippen LogP contribution in [0.1, 0.15) is 0 Å². The van der Waals surface area contributed by atoms with Gasteiger partial charge in [-0.05, 0) is 12.5 Å². The van der Waals surface area contributed by atoms with Crippen LogP contribution in [0.25, 0.3) is 0 Å². The Morgan fingerprint density at radius 3 is 1.80 bits per heavy atom. The number of hydrogen-bond acceptors (Lipinski definition) is 0. The summed E-state index contributed by atoms with van der Waals surface area (Å²) in [6.07, 6.45) is 4.23. The maximum absolute atomic E-state index is 5.16. The van der Waals surface area contributed by atoms with E-state index in [1.165, 1.54) is 0 Å². The Morgan fingerprint density at radius 1 is 1.60 bits per heavy atom. The predicted molar refractivity (Wildman–Crippen MR) is 31.9 cm³/mol. The first kappa shape index (κ1) is 5.71. The van der Waals surface area contributed by atoms with Gasteiger partial charge in [-0.1, -0.05) is 0 Å². The molecule has 0 fully saturated rings. The average Bonchev–Trinajstić information content (AvgIpc) is 1.38. The first-order chi connectivity index (χ1) is 2.27. The molecule has 0 saturated heterocycles. The van der Waals surface area contributed by atoms with Crippen LogP contribution in [-0.4, -0.2) is 20.1 Å². The van der Waals surface area contributed by atoms with Crippen molar-refractivity contribution in [3.8, 4) is 0 Å². The summed E-state index contributed by atoms with van der Waals surface area (Å²) in [4.78, 5) is 0. The predicted octanol–water partition coefficient (Wildman–Crippen LogP) is 0.809. The molecule has 28 valence electrons. The van der Waals surface area contributed by atoms with Gasteiger partial charge in [0.2, 0.25) is 0 Å². The minimum atomic E-state index is 0.427. The van der Waals surface area contributed by atoms with E-state index in [1.54, 1.807) is 0 Å². The molecule has 0 atom stereocenters. The van der Waals surface area contributed by atoms with Gasteiger partial charge in [0.25, 0.3) is 0 Å². The molecule has 0 unspecified atom stereocenters. The smallest absolute Gasteiger partial charge is 0.159 e. The van der Waals surface area contributed by atoms with Gasteiger partial charge in [0, 0.05) is 0 Å². The topological polar surface area (TPSA) is 0 Å². The van der Waals surface area contributed by atoms with E-state index < -0.39 is 0 Å². The summed E-state index contributed by atoms with van der Waals surface area (Å²) < 4.78 is 0. The van der Waals surface area contributed by atoms with Crippen LogP contribution in [0.4, 0.5) is 0 Å². The first-order valence-corrected chi connectivity index (χ1v) is 4.87. The molecule has 0 aromatic carbocycles. The molecule has 0 aromatic rings. The Labute approximate surface area is 38.1 Å². The summed E-state index contributed by atoms with van der Waals surface area (Å²) >= 11 is 0. The third kappa shape index (κ3) is 4.71. The molecule has 0 aliphatic heterocycles. The molecule has 0 aliphatic carbocycles. The van der Waals surface area contributed by atoms with Gasteiger partial charge in [0.05, 0.1) is 0 Å². The van der Waals surface area contributed by atoms with Gasteiger partial charge < -0.3 is 0 Å². The van der Waals surface area contributed by atoms with Gasteiger partial charge >= 0.3 is 0 Å². The third-order valence-corrected chi connectivity index (χ3v) is 1.90. The molecule has 0 aromatic heterocycles. The van der Waals surface area contributed by atoms with Crippen molar-refractivity contribution in [1.29, 1.82) is 0 Å². The van der Waals surface area contributed by atoms with E-state index in [-0.39, 0.29) is 0 Å². The van der Waals surface area contributed by atoms with Crippen molar-refractivity contribution in [2.75, 3.05) is 12.5 Å².